The predicted octanol–water partition coefficient (Wildman–Crippen LogP) is 0.977. The van der Waals surface area contributed by atoms with Gasteiger partial charge >= 0.3 is 0 Å². The molecule has 2 rings (SSSR count). The Hall–Kier alpha value is -0.610. The number of likely N-dealkylation sites (tertiary alicyclic amines) is 1. The molecule has 0 aliphatic carbocycles. The molecule has 0 aromatic carbocycles. The lowest BCUT2D eigenvalue weighted by Crippen LogP contribution is -2.48. The summed E-state index contributed by atoms with van der Waals surface area (Å²) in [6, 6.07) is 0.0557. The number of carbonyl (C=O) groups is 1. The lowest BCUT2D eigenvalue weighted by Gasteiger charge is -2.30. The van der Waals surface area contributed by atoms with Crippen LogP contribution >= 0.6 is 0 Å². The number of rotatable bonds is 4. The smallest absolute Gasteiger partial charge is 0.237 e. The van der Waals surface area contributed by atoms with Crippen molar-refractivity contribution in [1.29, 1.82) is 0 Å². The van der Waals surface area contributed by atoms with Crippen molar-refractivity contribution in [3.63, 3.8) is 0 Å². The fourth-order valence-electron chi connectivity index (χ4n) is 2.82. The van der Waals surface area contributed by atoms with Crippen LogP contribution in [0.15, 0.2) is 0 Å². The van der Waals surface area contributed by atoms with Gasteiger partial charge in [0.05, 0.1) is 6.04 Å². The first kappa shape index (κ1) is 13.8. The van der Waals surface area contributed by atoms with Crippen molar-refractivity contribution in [3.05, 3.63) is 0 Å². The largest absolute Gasteiger partial charge is 0.353 e. The number of nitrogens with zero attached hydrogens (tertiary/aromatic N) is 1. The van der Waals surface area contributed by atoms with Crippen LogP contribution < -0.4 is 10.6 Å². The molecule has 2 N–H and O–H groups in total. The highest BCUT2D eigenvalue weighted by atomic mass is 16.2. The number of carbonyl (C=O) groups excluding carboxylic acids is 1. The zero-order valence-corrected chi connectivity index (χ0v) is 11.6. The summed E-state index contributed by atoms with van der Waals surface area (Å²) in [4.78, 5) is 14.4. The maximum Gasteiger partial charge on any atom is 0.237 e. The molecule has 2 saturated heterocycles. The average molecular weight is 253 g/mol. The minimum Gasteiger partial charge on any atom is -0.353 e. The van der Waals surface area contributed by atoms with Gasteiger partial charge in [0, 0.05) is 13.1 Å². The van der Waals surface area contributed by atoms with E-state index >= 15 is 0 Å². The molecule has 1 atom stereocenters. The Kier molecular flexibility index (Phi) is 5.45. The fraction of sp³-hybridized carbons (Fsp3) is 0.929. The fourth-order valence-corrected chi connectivity index (χ4v) is 2.82. The van der Waals surface area contributed by atoms with Crippen molar-refractivity contribution >= 4 is 5.91 Å². The number of nitrogens with one attached hydrogen (secondary N) is 2. The first-order valence-corrected chi connectivity index (χ1v) is 7.49. The monoisotopic (exact) mass is 253 g/mol. The Morgan fingerprint density at radius 1 is 1.28 bits per heavy atom. The molecule has 104 valence electrons. The van der Waals surface area contributed by atoms with Crippen LogP contribution in [-0.2, 0) is 4.79 Å². The van der Waals surface area contributed by atoms with Crippen LogP contribution in [0.5, 0.6) is 0 Å². The second-order valence-electron chi connectivity index (χ2n) is 5.82. The van der Waals surface area contributed by atoms with Gasteiger partial charge in [-0.05, 0) is 51.2 Å². The van der Waals surface area contributed by atoms with E-state index in [4.69, 9.17) is 0 Å². The van der Waals surface area contributed by atoms with E-state index in [9.17, 15) is 4.79 Å². The van der Waals surface area contributed by atoms with Crippen LogP contribution in [0.1, 0.15) is 39.0 Å². The number of piperidine rings is 2. The van der Waals surface area contributed by atoms with Gasteiger partial charge in [0.15, 0.2) is 0 Å². The number of amides is 1. The molecule has 4 heteroatoms. The maximum atomic E-state index is 11.9. The molecule has 0 radical (unpaired) electrons. The van der Waals surface area contributed by atoms with Crippen molar-refractivity contribution in [2.45, 2.75) is 45.1 Å². The van der Waals surface area contributed by atoms with Crippen molar-refractivity contribution < 1.29 is 4.79 Å². The normalized spacial score (nSPS) is 27.1. The molecule has 0 aromatic heterocycles. The second-order valence-corrected chi connectivity index (χ2v) is 5.82. The lowest BCUT2D eigenvalue weighted by atomic mass is 9.99. The summed E-state index contributed by atoms with van der Waals surface area (Å²) < 4.78 is 0. The Balaban J connectivity index is 1.58. The van der Waals surface area contributed by atoms with E-state index in [-0.39, 0.29) is 11.9 Å². The molecule has 2 heterocycles. The van der Waals surface area contributed by atoms with Crippen LogP contribution in [0.3, 0.4) is 0 Å². The van der Waals surface area contributed by atoms with Crippen LogP contribution in [-0.4, -0.2) is 49.6 Å². The van der Waals surface area contributed by atoms with Crippen LogP contribution in [0.4, 0.5) is 0 Å². The van der Waals surface area contributed by atoms with Crippen LogP contribution in [0.2, 0.25) is 0 Å². The van der Waals surface area contributed by atoms with Gasteiger partial charge in [0.1, 0.15) is 0 Å². The molecule has 18 heavy (non-hydrogen) atoms. The van der Waals surface area contributed by atoms with Gasteiger partial charge in [0.25, 0.3) is 0 Å². The third kappa shape index (κ3) is 4.25. The van der Waals surface area contributed by atoms with E-state index in [1.807, 2.05) is 0 Å². The summed E-state index contributed by atoms with van der Waals surface area (Å²) >= 11 is 0. The molecular formula is C14H27N3O. The molecule has 0 bridgehead atoms. The summed E-state index contributed by atoms with van der Waals surface area (Å²) in [7, 11) is 0. The first-order valence-electron chi connectivity index (χ1n) is 7.49. The summed E-state index contributed by atoms with van der Waals surface area (Å²) in [6.07, 6.45) is 5.98. The molecule has 1 amide bonds. The van der Waals surface area contributed by atoms with Gasteiger partial charge in [0.2, 0.25) is 5.91 Å². The third-order valence-corrected chi connectivity index (χ3v) is 4.23. The molecule has 4 nitrogen and oxygen atoms in total. The SMILES string of the molecule is CC1CCN(CCNC(=O)C2CCCCN2)CC1. The molecule has 1 unspecified atom stereocenters. The lowest BCUT2D eigenvalue weighted by molar-refractivity contribution is -0.123. The molecule has 2 aliphatic rings. The minimum atomic E-state index is 0.0557. The summed E-state index contributed by atoms with van der Waals surface area (Å²) in [6.45, 7) is 7.50. The standard InChI is InChI=1S/C14H27N3O/c1-12-5-9-17(10-6-12)11-8-16-14(18)13-4-2-3-7-15-13/h12-13,15H,2-11H2,1H3,(H,16,18). The quantitative estimate of drug-likeness (QED) is 0.785. The van der Waals surface area contributed by atoms with Gasteiger partial charge in [-0.15, -0.1) is 0 Å². The molecule has 0 saturated carbocycles. The number of hydrogen-bond donors (Lipinski definition) is 2. The van der Waals surface area contributed by atoms with Crippen molar-refractivity contribution in [2.24, 2.45) is 5.92 Å². The van der Waals surface area contributed by atoms with Crippen LogP contribution in [0, 0.1) is 5.92 Å². The summed E-state index contributed by atoms with van der Waals surface area (Å²) in [5, 5.41) is 6.36. The Labute approximate surface area is 110 Å². The summed E-state index contributed by atoms with van der Waals surface area (Å²) in [5.74, 6) is 1.07. The zero-order chi connectivity index (χ0) is 12.8. The highest BCUT2D eigenvalue weighted by molar-refractivity contribution is 5.81. The second kappa shape index (κ2) is 7.10. The third-order valence-electron chi connectivity index (χ3n) is 4.23. The average Bonchev–Trinajstić information content (AvgIpc) is 2.42. The van der Waals surface area contributed by atoms with E-state index in [1.165, 1.54) is 38.8 Å². The highest BCUT2D eigenvalue weighted by Gasteiger charge is 2.20. The van der Waals surface area contributed by atoms with Crippen LogP contribution in [0.25, 0.3) is 0 Å². The minimum absolute atomic E-state index is 0.0557. The number of hydrogen-bond acceptors (Lipinski definition) is 3. The molecule has 2 aliphatic heterocycles. The Morgan fingerprint density at radius 2 is 2.06 bits per heavy atom. The van der Waals surface area contributed by atoms with E-state index in [0.29, 0.717) is 0 Å². The van der Waals surface area contributed by atoms with Crippen molar-refractivity contribution in [2.75, 3.05) is 32.7 Å². The van der Waals surface area contributed by atoms with Crippen molar-refractivity contribution in [1.82, 2.24) is 15.5 Å². The molecule has 2 fully saturated rings. The van der Waals surface area contributed by atoms with E-state index < -0.39 is 0 Å². The predicted molar refractivity (Wildman–Crippen MR) is 73.5 cm³/mol. The van der Waals surface area contributed by atoms with Gasteiger partial charge in [-0.1, -0.05) is 13.3 Å². The first-order chi connectivity index (χ1) is 8.75. The summed E-state index contributed by atoms with van der Waals surface area (Å²) in [5.41, 5.74) is 0. The molecule has 0 spiro atoms. The van der Waals surface area contributed by atoms with Gasteiger partial charge in [-0.25, -0.2) is 0 Å². The molecule has 0 aromatic rings. The van der Waals surface area contributed by atoms with E-state index in [1.54, 1.807) is 0 Å². The van der Waals surface area contributed by atoms with Gasteiger partial charge in [-0.3, -0.25) is 4.79 Å². The van der Waals surface area contributed by atoms with Gasteiger partial charge in [-0.2, -0.15) is 0 Å². The highest BCUT2D eigenvalue weighted by Crippen LogP contribution is 2.15. The van der Waals surface area contributed by atoms with Gasteiger partial charge < -0.3 is 15.5 Å². The van der Waals surface area contributed by atoms with Crippen molar-refractivity contribution in [3.8, 4) is 0 Å². The zero-order valence-electron chi connectivity index (χ0n) is 11.6. The van der Waals surface area contributed by atoms with E-state index in [2.05, 4.69) is 22.5 Å². The molecular weight excluding hydrogens is 226 g/mol. The Bertz CT molecular complexity index is 256. The van der Waals surface area contributed by atoms with E-state index in [0.717, 1.165) is 32.0 Å². The maximum absolute atomic E-state index is 11.9. The topological polar surface area (TPSA) is 44.4 Å². The Morgan fingerprint density at radius 3 is 2.72 bits per heavy atom.